The zero-order valence-corrected chi connectivity index (χ0v) is 15.6. The second kappa shape index (κ2) is 6.06. The number of ether oxygens (including phenoxy) is 1. The largest absolute Gasteiger partial charge is 0.338 e. The van der Waals surface area contributed by atoms with Gasteiger partial charge in [0.25, 0.3) is 0 Å². The van der Waals surface area contributed by atoms with Gasteiger partial charge in [0, 0.05) is 21.4 Å². The smallest absolute Gasteiger partial charge is 0.156 e. The predicted octanol–water partition coefficient (Wildman–Crippen LogP) is 4.61. The van der Waals surface area contributed by atoms with E-state index in [0.717, 1.165) is 5.56 Å². The standard InChI is InChI=1S/C17H24ClNO2S/c1-16(2,3)14-19-13(11-7-9-12(18)10-8-11)22(20)15(21-14)17(4,5)6/h7-10,14-15H,1-6H3. The molecule has 3 unspecified atom stereocenters. The van der Waals surface area contributed by atoms with Crippen molar-refractivity contribution in [1.82, 2.24) is 0 Å². The molecule has 1 aromatic carbocycles. The Hall–Kier alpha value is -0.710. The minimum atomic E-state index is -1.31. The highest BCUT2D eigenvalue weighted by Gasteiger charge is 2.42. The summed E-state index contributed by atoms with van der Waals surface area (Å²) in [5.74, 6) is 0. The van der Waals surface area contributed by atoms with E-state index in [1.807, 2.05) is 32.9 Å². The Morgan fingerprint density at radius 3 is 2.05 bits per heavy atom. The summed E-state index contributed by atoms with van der Waals surface area (Å²) in [6, 6.07) is 7.32. The molecule has 0 bridgehead atoms. The molecule has 22 heavy (non-hydrogen) atoms. The molecular weight excluding hydrogens is 318 g/mol. The Morgan fingerprint density at radius 2 is 1.59 bits per heavy atom. The molecule has 1 aliphatic rings. The van der Waals surface area contributed by atoms with E-state index >= 15 is 0 Å². The monoisotopic (exact) mass is 341 g/mol. The highest BCUT2D eigenvalue weighted by molar-refractivity contribution is 8.01. The molecule has 122 valence electrons. The zero-order valence-electron chi connectivity index (χ0n) is 14.0. The second-order valence-electron chi connectivity index (χ2n) is 7.79. The van der Waals surface area contributed by atoms with Crippen LogP contribution < -0.4 is 0 Å². The first-order valence-electron chi connectivity index (χ1n) is 7.40. The van der Waals surface area contributed by atoms with Crippen molar-refractivity contribution in [2.45, 2.75) is 53.2 Å². The maximum atomic E-state index is 13.0. The molecule has 0 aliphatic carbocycles. The van der Waals surface area contributed by atoms with Gasteiger partial charge in [-0.25, -0.2) is 9.20 Å². The van der Waals surface area contributed by atoms with Crippen LogP contribution in [0, 0.1) is 10.8 Å². The van der Waals surface area contributed by atoms with Crippen LogP contribution in [0.5, 0.6) is 0 Å². The van der Waals surface area contributed by atoms with Gasteiger partial charge in [0.05, 0.1) is 0 Å². The van der Waals surface area contributed by atoms with Gasteiger partial charge < -0.3 is 4.74 Å². The van der Waals surface area contributed by atoms with E-state index < -0.39 is 10.8 Å². The number of hydrogen-bond donors (Lipinski definition) is 0. The van der Waals surface area contributed by atoms with Crippen LogP contribution >= 0.6 is 11.6 Å². The topological polar surface area (TPSA) is 38.7 Å². The van der Waals surface area contributed by atoms with Crippen molar-refractivity contribution in [3.8, 4) is 0 Å². The van der Waals surface area contributed by atoms with Crippen molar-refractivity contribution >= 4 is 27.4 Å². The van der Waals surface area contributed by atoms with Gasteiger partial charge in [0.2, 0.25) is 0 Å². The van der Waals surface area contributed by atoms with E-state index in [4.69, 9.17) is 16.3 Å². The maximum absolute atomic E-state index is 13.0. The number of hydrogen-bond acceptors (Lipinski definition) is 3. The fraction of sp³-hybridized carbons (Fsp3) is 0.588. The molecule has 0 aromatic heterocycles. The lowest BCUT2D eigenvalue weighted by Crippen LogP contribution is -2.46. The van der Waals surface area contributed by atoms with Crippen molar-refractivity contribution in [3.05, 3.63) is 34.9 Å². The highest BCUT2D eigenvalue weighted by atomic mass is 35.5. The van der Waals surface area contributed by atoms with E-state index in [0.29, 0.717) is 10.1 Å². The molecule has 1 aromatic rings. The molecule has 0 radical (unpaired) electrons. The number of benzene rings is 1. The van der Waals surface area contributed by atoms with E-state index in [9.17, 15) is 4.21 Å². The summed E-state index contributed by atoms with van der Waals surface area (Å²) in [6.45, 7) is 12.4. The quantitative estimate of drug-likeness (QED) is 0.748. The minimum absolute atomic E-state index is 0.161. The van der Waals surface area contributed by atoms with E-state index in [1.165, 1.54) is 0 Å². The van der Waals surface area contributed by atoms with Crippen molar-refractivity contribution in [2.75, 3.05) is 0 Å². The molecule has 2 rings (SSSR count). The third-order valence-corrected chi connectivity index (χ3v) is 5.59. The van der Waals surface area contributed by atoms with Gasteiger partial charge in [-0.05, 0) is 12.1 Å². The molecule has 1 aliphatic heterocycles. The van der Waals surface area contributed by atoms with Crippen LogP contribution in [0.3, 0.4) is 0 Å². The van der Waals surface area contributed by atoms with Gasteiger partial charge in [-0.3, -0.25) is 0 Å². The lowest BCUT2D eigenvalue weighted by atomic mass is 9.93. The SMILES string of the molecule is CC(C)(C)C1N=C(c2ccc(Cl)cc2)S(=O)C(C(C)(C)C)O1. The third-order valence-electron chi connectivity index (χ3n) is 3.41. The fourth-order valence-corrected chi connectivity index (χ4v) is 3.91. The summed E-state index contributed by atoms with van der Waals surface area (Å²) in [5.41, 5.74) is 0.0581. The van der Waals surface area contributed by atoms with Crippen LogP contribution in [-0.4, -0.2) is 20.9 Å². The van der Waals surface area contributed by atoms with Gasteiger partial charge in [0.15, 0.2) is 6.23 Å². The summed E-state index contributed by atoms with van der Waals surface area (Å²) < 4.78 is 19.0. The molecule has 0 spiro atoms. The molecule has 0 amide bonds. The van der Waals surface area contributed by atoms with Crippen molar-refractivity contribution in [3.63, 3.8) is 0 Å². The second-order valence-corrected chi connectivity index (χ2v) is 9.64. The first kappa shape index (κ1) is 17.6. The summed E-state index contributed by atoms with van der Waals surface area (Å²) in [4.78, 5) is 4.65. The van der Waals surface area contributed by atoms with E-state index in [-0.39, 0.29) is 22.5 Å². The summed E-state index contributed by atoms with van der Waals surface area (Å²) in [7, 11) is -1.31. The van der Waals surface area contributed by atoms with Gasteiger partial charge in [0.1, 0.15) is 21.3 Å². The predicted molar refractivity (Wildman–Crippen MR) is 93.7 cm³/mol. The number of aliphatic imine (C=N–C) groups is 1. The van der Waals surface area contributed by atoms with Gasteiger partial charge in [-0.1, -0.05) is 65.3 Å². The molecule has 3 atom stereocenters. The summed E-state index contributed by atoms with van der Waals surface area (Å²) in [6.07, 6.45) is -0.319. The minimum Gasteiger partial charge on any atom is -0.338 e. The van der Waals surface area contributed by atoms with Crippen molar-refractivity contribution < 1.29 is 8.95 Å². The average molecular weight is 342 g/mol. The normalized spacial score (nSPS) is 26.7. The Balaban J connectivity index is 2.50. The summed E-state index contributed by atoms with van der Waals surface area (Å²) in [5, 5.41) is 1.25. The van der Waals surface area contributed by atoms with Crippen LogP contribution in [-0.2, 0) is 15.5 Å². The molecule has 0 saturated carbocycles. The van der Waals surface area contributed by atoms with Crippen molar-refractivity contribution in [2.24, 2.45) is 15.8 Å². The highest BCUT2D eigenvalue weighted by Crippen LogP contribution is 2.36. The van der Waals surface area contributed by atoms with Crippen LogP contribution in [0.2, 0.25) is 5.02 Å². The van der Waals surface area contributed by atoms with Crippen LogP contribution in [0.15, 0.2) is 29.3 Å². The van der Waals surface area contributed by atoms with E-state index in [2.05, 4.69) is 25.8 Å². The van der Waals surface area contributed by atoms with Gasteiger partial charge >= 0.3 is 0 Å². The maximum Gasteiger partial charge on any atom is 0.156 e. The first-order valence-corrected chi connectivity index (χ1v) is 8.99. The molecule has 0 N–H and O–H groups in total. The van der Waals surface area contributed by atoms with Gasteiger partial charge in [-0.2, -0.15) is 0 Å². The Labute approximate surface area is 140 Å². The lowest BCUT2D eigenvalue weighted by Gasteiger charge is -2.40. The molecule has 3 nitrogen and oxygen atoms in total. The number of halogens is 1. The van der Waals surface area contributed by atoms with Crippen LogP contribution in [0.1, 0.15) is 47.1 Å². The Kier molecular flexibility index (Phi) is 4.86. The summed E-state index contributed by atoms with van der Waals surface area (Å²) >= 11 is 5.95. The zero-order chi connectivity index (χ0) is 16.7. The fourth-order valence-electron chi connectivity index (χ4n) is 2.16. The van der Waals surface area contributed by atoms with Crippen LogP contribution in [0.25, 0.3) is 0 Å². The average Bonchev–Trinajstić information content (AvgIpc) is 2.37. The van der Waals surface area contributed by atoms with E-state index in [1.54, 1.807) is 12.1 Å². The van der Waals surface area contributed by atoms with Crippen molar-refractivity contribution in [1.29, 1.82) is 0 Å². The Bertz CT molecular complexity index is 597. The molecular formula is C17H24ClNO2S. The lowest BCUT2D eigenvalue weighted by molar-refractivity contribution is -0.0640. The third kappa shape index (κ3) is 3.79. The molecule has 0 saturated heterocycles. The van der Waals surface area contributed by atoms with Crippen LogP contribution in [0.4, 0.5) is 0 Å². The van der Waals surface area contributed by atoms with Gasteiger partial charge in [-0.15, -0.1) is 0 Å². The number of rotatable bonds is 1. The molecule has 5 heteroatoms. The number of nitrogens with zero attached hydrogens (tertiary/aromatic N) is 1. The molecule has 1 heterocycles. The first-order chi connectivity index (χ1) is 10.00. The Morgan fingerprint density at radius 1 is 1.05 bits per heavy atom. The molecule has 0 fully saturated rings.